The van der Waals surface area contributed by atoms with E-state index in [2.05, 4.69) is 10.2 Å². The van der Waals surface area contributed by atoms with Crippen molar-refractivity contribution >= 4 is 6.01 Å². The molecule has 0 aliphatic heterocycles. The van der Waals surface area contributed by atoms with Gasteiger partial charge in [-0.3, -0.25) is 0 Å². The molecule has 0 fully saturated rings. The number of aromatic nitrogens is 2. The van der Waals surface area contributed by atoms with E-state index in [4.69, 9.17) is 10.2 Å². The van der Waals surface area contributed by atoms with Crippen molar-refractivity contribution in [3.63, 3.8) is 0 Å². The number of hydrogen-bond acceptors (Lipinski definition) is 5. The maximum absolute atomic E-state index is 5.25. The van der Waals surface area contributed by atoms with Crippen LogP contribution < -0.4 is 10.6 Å². The summed E-state index contributed by atoms with van der Waals surface area (Å²) in [6, 6.07) is 0.487. The molecule has 0 bridgehead atoms. The zero-order chi connectivity index (χ0) is 7.56. The summed E-state index contributed by atoms with van der Waals surface area (Å²) in [5.74, 6) is 0.462. The van der Waals surface area contributed by atoms with Gasteiger partial charge in [0.15, 0.2) is 0 Å². The van der Waals surface area contributed by atoms with E-state index in [-0.39, 0.29) is 0 Å². The Bertz CT molecular complexity index is 207. The molecule has 5 nitrogen and oxygen atoms in total. The smallest absolute Gasteiger partial charge is 0.317 e. The first-order chi connectivity index (χ1) is 4.74. The highest BCUT2D eigenvalue weighted by Gasteiger charge is 2.03. The lowest BCUT2D eigenvalue weighted by Gasteiger charge is -2.02. The lowest BCUT2D eigenvalue weighted by Crippen LogP contribution is -2.08. The van der Waals surface area contributed by atoms with E-state index in [0.29, 0.717) is 18.5 Å². The highest BCUT2D eigenvalue weighted by molar-refractivity contribution is 5.19. The maximum Gasteiger partial charge on any atom is 0.317 e. The largest absolute Gasteiger partial charge is 0.407 e. The maximum atomic E-state index is 5.25. The molecule has 0 saturated carbocycles. The second-order valence-electron chi connectivity index (χ2n) is 2.08. The molecule has 5 heteroatoms. The van der Waals surface area contributed by atoms with Gasteiger partial charge in [0.25, 0.3) is 0 Å². The Morgan fingerprint density at radius 3 is 2.50 bits per heavy atom. The molecule has 1 aromatic rings. The van der Waals surface area contributed by atoms with Crippen LogP contribution >= 0.6 is 0 Å². The van der Waals surface area contributed by atoms with Gasteiger partial charge in [-0.2, -0.15) is 0 Å². The third kappa shape index (κ3) is 1.24. The van der Waals surface area contributed by atoms with Gasteiger partial charge in [-0.25, -0.2) is 0 Å². The van der Waals surface area contributed by atoms with E-state index in [1.165, 1.54) is 0 Å². The number of hydrogen-bond donors (Lipinski definition) is 1. The molecule has 0 radical (unpaired) electrons. The molecule has 56 valence electrons. The summed E-state index contributed by atoms with van der Waals surface area (Å²) in [5.41, 5.74) is 5.25. The molecule has 1 heterocycles. The number of nitrogens with two attached hydrogens (primary N) is 1. The van der Waals surface area contributed by atoms with Crippen molar-refractivity contribution in [1.82, 2.24) is 10.2 Å². The number of anilines is 1. The summed E-state index contributed by atoms with van der Waals surface area (Å²) in [5, 5.41) is 7.39. The first-order valence-electron chi connectivity index (χ1n) is 2.94. The zero-order valence-corrected chi connectivity index (χ0v) is 6.03. The van der Waals surface area contributed by atoms with Crippen molar-refractivity contribution in [2.45, 2.75) is 6.54 Å². The zero-order valence-electron chi connectivity index (χ0n) is 6.03. The molecule has 0 aliphatic rings. The molecule has 0 unspecified atom stereocenters. The third-order valence-electron chi connectivity index (χ3n) is 1.01. The summed E-state index contributed by atoms with van der Waals surface area (Å²) in [4.78, 5) is 1.73. The molecule has 0 amide bonds. The Labute approximate surface area is 58.8 Å². The molecular formula is C5H10N4O. The van der Waals surface area contributed by atoms with Gasteiger partial charge >= 0.3 is 6.01 Å². The van der Waals surface area contributed by atoms with E-state index in [9.17, 15) is 0 Å². The Balaban J connectivity index is 2.78. The first-order valence-corrected chi connectivity index (χ1v) is 2.94. The first kappa shape index (κ1) is 7.01. The molecular weight excluding hydrogens is 132 g/mol. The summed E-state index contributed by atoms with van der Waals surface area (Å²) in [6.07, 6.45) is 0. The molecule has 10 heavy (non-hydrogen) atoms. The van der Waals surface area contributed by atoms with Crippen LogP contribution in [0.3, 0.4) is 0 Å². The minimum atomic E-state index is 0.292. The minimum absolute atomic E-state index is 0.292. The van der Waals surface area contributed by atoms with Gasteiger partial charge in [-0.15, -0.1) is 5.10 Å². The van der Waals surface area contributed by atoms with Crippen molar-refractivity contribution in [2.24, 2.45) is 5.73 Å². The molecule has 2 N–H and O–H groups in total. The van der Waals surface area contributed by atoms with E-state index in [1.807, 2.05) is 14.1 Å². The van der Waals surface area contributed by atoms with Crippen LogP contribution in [0.4, 0.5) is 6.01 Å². The SMILES string of the molecule is CN(C)c1nnc(CN)o1. The molecule has 0 spiro atoms. The standard InChI is InChI=1S/C5H10N4O/c1-9(2)5-8-7-4(3-6)10-5/h3,6H2,1-2H3. The van der Waals surface area contributed by atoms with E-state index in [0.717, 1.165) is 0 Å². The van der Waals surface area contributed by atoms with Crippen molar-refractivity contribution < 1.29 is 4.42 Å². The predicted molar refractivity (Wildman–Crippen MR) is 36.5 cm³/mol. The Morgan fingerprint density at radius 2 is 2.20 bits per heavy atom. The molecule has 1 aromatic heterocycles. The third-order valence-corrected chi connectivity index (χ3v) is 1.01. The van der Waals surface area contributed by atoms with Gasteiger partial charge < -0.3 is 15.1 Å². The summed E-state index contributed by atoms with van der Waals surface area (Å²) >= 11 is 0. The van der Waals surface area contributed by atoms with Crippen LogP contribution in [-0.4, -0.2) is 24.3 Å². The summed E-state index contributed by atoms with van der Waals surface area (Å²) in [7, 11) is 3.65. The van der Waals surface area contributed by atoms with E-state index < -0.39 is 0 Å². The van der Waals surface area contributed by atoms with Crippen LogP contribution in [0.1, 0.15) is 5.89 Å². The summed E-state index contributed by atoms with van der Waals surface area (Å²) < 4.78 is 5.07. The van der Waals surface area contributed by atoms with Crippen LogP contribution in [0.5, 0.6) is 0 Å². The van der Waals surface area contributed by atoms with Crippen LogP contribution in [0.25, 0.3) is 0 Å². The van der Waals surface area contributed by atoms with Crippen molar-refractivity contribution in [2.75, 3.05) is 19.0 Å². The van der Waals surface area contributed by atoms with Gasteiger partial charge in [0, 0.05) is 14.1 Å². The van der Waals surface area contributed by atoms with E-state index in [1.54, 1.807) is 4.90 Å². The fraction of sp³-hybridized carbons (Fsp3) is 0.600. The van der Waals surface area contributed by atoms with Gasteiger partial charge in [0.2, 0.25) is 5.89 Å². The molecule has 0 saturated heterocycles. The normalized spacial score (nSPS) is 9.90. The quantitative estimate of drug-likeness (QED) is 0.608. The van der Waals surface area contributed by atoms with Gasteiger partial charge in [0.1, 0.15) is 0 Å². The molecule has 0 aromatic carbocycles. The molecule has 0 atom stereocenters. The highest BCUT2D eigenvalue weighted by Crippen LogP contribution is 2.06. The van der Waals surface area contributed by atoms with Gasteiger partial charge in [-0.1, -0.05) is 5.10 Å². The van der Waals surface area contributed by atoms with Crippen molar-refractivity contribution in [1.29, 1.82) is 0 Å². The average Bonchev–Trinajstić information content (AvgIpc) is 2.34. The summed E-state index contributed by atoms with van der Waals surface area (Å²) in [6.45, 7) is 0.292. The van der Waals surface area contributed by atoms with Gasteiger partial charge in [0.05, 0.1) is 6.54 Å². The number of rotatable bonds is 2. The fourth-order valence-electron chi connectivity index (χ4n) is 0.508. The van der Waals surface area contributed by atoms with Crippen LogP contribution in [0.2, 0.25) is 0 Å². The number of nitrogens with zero attached hydrogens (tertiary/aromatic N) is 3. The fourth-order valence-corrected chi connectivity index (χ4v) is 0.508. The van der Waals surface area contributed by atoms with Crippen molar-refractivity contribution in [3.05, 3.63) is 5.89 Å². The second kappa shape index (κ2) is 2.66. The predicted octanol–water partition coefficient (Wildman–Crippen LogP) is -0.406. The van der Waals surface area contributed by atoms with E-state index >= 15 is 0 Å². The van der Waals surface area contributed by atoms with Crippen LogP contribution in [0, 0.1) is 0 Å². The monoisotopic (exact) mass is 142 g/mol. The topological polar surface area (TPSA) is 68.2 Å². The van der Waals surface area contributed by atoms with Crippen molar-refractivity contribution in [3.8, 4) is 0 Å². The van der Waals surface area contributed by atoms with Crippen LogP contribution in [0.15, 0.2) is 4.42 Å². The minimum Gasteiger partial charge on any atom is -0.407 e. The Hall–Kier alpha value is -1.10. The average molecular weight is 142 g/mol. The highest BCUT2D eigenvalue weighted by atomic mass is 16.4. The van der Waals surface area contributed by atoms with Crippen LogP contribution in [-0.2, 0) is 6.54 Å². The lowest BCUT2D eigenvalue weighted by molar-refractivity contribution is 0.497. The molecule has 1 rings (SSSR count). The second-order valence-corrected chi connectivity index (χ2v) is 2.08. The van der Waals surface area contributed by atoms with Gasteiger partial charge in [-0.05, 0) is 0 Å². The molecule has 0 aliphatic carbocycles. The lowest BCUT2D eigenvalue weighted by atomic mass is 10.7. The Kier molecular flexibility index (Phi) is 1.86. The Morgan fingerprint density at radius 1 is 1.50 bits per heavy atom.